The van der Waals surface area contributed by atoms with Crippen LogP contribution in [0, 0.1) is 0 Å². The molecule has 0 spiro atoms. The van der Waals surface area contributed by atoms with Crippen LogP contribution in [0.1, 0.15) is 18.9 Å². The predicted octanol–water partition coefficient (Wildman–Crippen LogP) is 2.53. The zero-order valence-corrected chi connectivity index (χ0v) is 9.13. The largest absolute Gasteiger partial charge is 0.491 e. The third kappa shape index (κ3) is 4.79. The molecule has 0 saturated heterocycles. The highest BCUT2D eigenvalue weighted by Crippen LogP contribution is 2.11. The molecule has 1 aromatic rings. The summed E-state index contributed by atoms with van der Waals surface area (Å²) in [5.74, 6) is 0.729. The number of halogens is 1. The van der Waals surface area contributed by atoms with E-state index in [9.17, 15) is 4.39 Å². The van der Waals surface area contributed by atoms with Crippen molar-refractivity contribution in [1.82, 2.24) is 5.32 Å². The maximum absolute atomic E-state index is 11.8. The van der Waals surface area contributed by atoms with Crippen molar-refractivity contribution in [3.05, 3.63) is 29.8 Å². The maximum atomic E-state index is 11.8. The highest BCUT2D eigenvalue weighted by atomic mass is 19.1. The molecule has 2 nitrogen and oxygen atoms in total. The van der Waals surface area contributed by atoms with E-state index >= 15 is 0 Å². The van der Waals surface area contributed by atoms with Crippen molar-refractivity contribution in [3.8, 4) is 5.75 Å². The van der Waals surface area contributed by atoms with Gasteiger partial charge in [-0.25, -0.2) is 4.39 Å². The molecule has 3 heteroatoms. The van der Waals surface area contributed by atoms with Gasteiger partial charge in [0.1, 0.15) is 19.0 Å². The van der Waals surface area contributed by atoms with Gasteiger partial charge < -0.3 is 10.1 Å². The molecule has 1 N–H and O–H groups in total. The van der Waals surface area contributed by atoms with E-state index in [-0.39, 0.29) is 6.61 Å². The van der Waals surface area contributed by atoms with E-state index in [0.717, 1.165) is 25.3 Å². The van der Waals surface area contributed by atoms with Crippen LogP contribution in [0.5, 0.6) is 5.75 Å². The molecular formula is C12H18FNO. The van der Waals surface area contributed by atoms with Crippen molar-refractivity contribution >= 4 is 0 Å². The third-order valence-corrected chi connectivity index (χ3v) is 2.03. The molecule has 0 aliphatic carbocycles. The molecule has 0 aliphatic rings. The molecule has 1 aromatic carbocycles. The first-order valence-electron chi connectivity index (χ1n) is 5.35. The minimum absolute atomic E-state index is 0.132. The summed E-state index contributed by atoms with van der Waals surface area (Å²) in [5, 5.41) is 3.31. The standard InChI is InChI=1S/C12H18FNO/c1-2-8-14-10-11-3-5-12(6-4-11)15-9-7-13/h3-6,14H,2,7-10H2,1H3. The van der Waals surface area contributed by atoms with E-state index in [4.69, 9.17) is 4.74 Å². The molecule has 1 rings (SSSR count). The summed E-state index contributed by atoms with van der Waals surface area (Å²) in [7, 11) is 0. The lowest BCUT2D eigenvalue weighted by molar-refractivity contribution is 0.273. The van der Waals surface area contributed by atoms with Gasteiger partial charge in [0, 0.05) is 6.54 Å². The van der Waals surface area contributed by atoms with Crippen LogP contribution >= 0.6 is 0 Å². The Morgan fingerprint density at radius 3 is 2.60 bits per heavy atom. The summed E-state index contributed by atoms with van der Waals surface area (Å²) in [6.07, 6.45) is 1.14. The molecule has 0 atom stereocenters. The lowest BCUT2D eigenvalue weighted by Crippen LogP contribution is -2.13. The van der Waals surface area contributed by atoms with Crippen LogP contribution in [0.2, 0.25) is 0 Å². The number of hydrogen-bond donors (Lipinski definition) is 1. The van der Waals surface area contributed by atoms with E-state index in [0.29, 0.717) is 0 Å². The fourth-order valence-corrected chi connectivity index (χ4v) is 1.27. The van der Waals surface area contributed by atoms with Crippen LogP contribution in [-0.2, 0) is 6.54 Å². The quantitative estimate of drug-likeness (QED) is 0.700. The van der Waals surface area contributed by atoms with Crippen LogP contribution in [0.25, 0.3) is 0 Å². The SMILES string of the molecule is CCCNCc1ccc(OCCF)cc1. The monoisotopic (exact) mass is 211 g/mol. The van der Waals surface area contributed by atoms with Crippen LogP contribution in [0.15, 0.2) is 24.3 Å². The maximum Gasteiger partial charge on any atom is 0.123 e. The van der Waals surface area contributed by atoms with Crippen molar-refractivity contribution in [3.63, 3.8) is 0 Å². The zero-order valence-electron chi connectivity index (χ0n) is 9.13. The van der Waals surface area contributed by atoms with Gasteiger partial charge in [-0.15, -0.1) is 0 Å². The van der Waals surface area contributed by atoms with E-state index in [2.05, 4.69) is 12.2 Å². The smallest absolute Gasteiger partial charge is 0.123 e. The Balaban J connectivity index is 2.35. The molecular weight excluding hydrogens is 193 g/mol. The van der Waals surface area contributed by atoms with Crippen molar-refractivity contribution < 1.29 is 9.13 Å². The van der Waals surface area contributed by atoms with Crippen LogP contribution in [0.4, 0.5) is 4.39 Å². The highest BCUT2D eigenvalue weighted by molar-refractivity contribution is 5.27. The van der Waals surface area contributed by atoms with Gasteiger partial charge in [0.05, 0.1) is 0 Å². The van der Waals surface area contributed by atoms with Gasteiger partial charge in [0.2, 0.25) is 0 Å². The molecule has 15 heavy (non-hydrogen) atoms. The minimum Gasteiger partial charge on any atom is -0.491 e. The number of nitrogens with one attached hydrogen (secondary N) is 1. The first kappa shape index (κ1) is 12.0. The predicted molar refractivity (Wildman–Crippen MR) is 59.9 cm³/mol. The summed E-state index contributed by atoms with van der Waals surface area (Å²) in [4.78, 5) is 0. The summed E-state index contributed by atoms with van der Waals surface area (Å²) in [6.45, 7) is 3.73. The molecule has 0 unspecified atom stereocenters. The Hall–Kier alpha value is -1.09. The number of alkyl halides is 1. The van der Waals surface area contributed by atoms with E-state index in [1.807, 2.05) is 24.3 Å². The average molecular weight is 211 g/mol. The van der Waals surface area contributed by atoms with Crippen molar-refractivity contribution in [2.24, 2.45) is 0 Å². The Bertz CT molecular complexity index is 261. The second kappa shape index (κ2) is 7.23. The lowest BCUT2D eigenvalue weighted by atomic mass is 10.2. The third-order valence-electron chi connectivity index (χ3n) is 2.03. The average Bonchev–Trinajstić information content (AvgIpc) is 2.28. The Morgan fingerprint density at radius 1 is 1.27 bits per heavy atom. The first-order valence-corrected chi connectivity index (χ1v) is 5.35. The number of hydrogen-bond acceptors (Lipinski definition) is 2. The molecule has 0 radical (unpaired) electrons. The normalized spacial score (nSPS) is 10.3. The fraction of sp³-hybridized carbons (Fsp3) is 0.500. The summed E-state index contributed by atoms with van der Waals surface area (Å²) < 4.78 is 17.0. The number of rotatable bonds is 7. The van der Waals surface area contributed by atoms with E-state index < -0.39 is 6.67 Å². The Kier molecular flexibility index (Phi) is 5.78. The molecule has 0 aromatic heterocycles. The van der Waals surface area contributed by atoms with Gasteiger partial charge in [-0.3, -0.25) is 0 Å². The molecule has 0 saturated carbocycles. The molecule has 0 aliphatic heterocycles. The van der Waals surface area contributed by atoms with Gasteiger partial charge in [-0.2, -0.15) is 0 Å². The lowest BCUT2D eigenvalue weighted by Gasteiger charge is -2.06. The highest BCUT2D eigenvalue weighted by Gasteiger charge is 1.95. The van der Waals surface area contributed by atoms with Crippen molar-refractivity contribution in [2.75, 3.05) is 19.8 Å². The topological polar surface area (TPSA) is 21.3 Å². The van der Waals surface area contributed by atoms with Crippen molar-refractivity contribution in [2.45, 2.75) is 19.9 Å². The van der Waals surface area contributed by atoms with Gasteiger partial charge in [0.25, 0.3) is 0 Å². The van der Waals surface area contributed by atoms with Crippen LogP contribution in [0.3, 0.4) is 0 Å². The second-order valence-corrected chi connectivity index (χ2v) is 3.36. The van der Waals surface area contributed by atoms with Gasteiger partial charge in [0.15, 0.2) is 0 Å². The number of ether oxygens (including phenoxy) is 1. The second-order valence-electron chi connectivity index (χ2n) is 3.36. The molecule has 84 valence electrons. The van der Waals surface area contributed by atoms with E-state index in [1.165, 1.54) is 5.56 Å². The molecule has 0 heterocycles. The number of benzene rings is 1. The van der Waals surface area contributed by atoms with Gasteiger partial charge >= 0.3 is 0 Å². The zero-order chi connectivity index (χ0) is 10.9. The van der Waals surface area contributed by atoms with Crippen molar-refractivity contribution in [1.29, 1.82) is 0 Å². The summed E-state index contributed by atoms with van der Waals surface area (Å²) >= 11 is 0. The van der Waals surface area contributed by atoms with Gasteiger partial charge in [-0.05, 0) is 30.7 Å². The van der Waals surface area contributed by atoms with Crippen LogP contribution < -0.4 is 10.1 Å². The summed E-state index contributed by atoms with van der Waals surface area (Å²) in [5.41, 5.74) is 1.22. The first-order chi connectivity index (χ1) is 7.36. The molecule has 0 fully saturated rings. The summed E-state index contributed by atoms with van der Waals surface area (Å²) in [6, 6.07) is 7.74. The molecule has 0 amide bonds. The fourth-order valence-electron chi connectivity index (χ4n) is 1.27. The Morgan fingerprint density at radius 2 is 2.00 bits per heavy atom. The van der Waals surface area contributed by atoms with Crippen LogP contribution in [-0.4, -0.2) is 19.8 Å². The Labute approximate surface area is 90.4 Å². The molecule has 0 bridgehead atoms. The van der Waals surface area contributed by atoms with Gasteiger partial charge in [-0.1, -0.05) is 19.1 Å². The van der Waals surface area contributed by atoms with E-state index in [1.54, 1.807) is 0 Å². The minimum atomic E-state index is -0.445.